The Hall–Kier alpha value is -2.11. The topological polar surface area (TPSA) is 93.7 Å². The van der Waals surface area contributed by atoms with Crippen LogP contribution in [0.1, 0.15) is 20.8 Å². The van der Waals surface area contributed by atoms with Gasteiger partial charge in [0.05, 0.1) is 22.0 Å². The first-order chi connectivity index (χ1) is 12.6. The van der Waals surface area contributed by atoms with Gasteiger partial charge in [-0.2, -0.15) is 5.10 Å². The third-order valence-corrected chi connectivity index (χ3v) is 5.19. The van der Waals surface area contributed by atoms with Crippen LogP contribution in [0.2, 0.25) is 0 Å². The number of nitrogens with zero attached hydrogens (tertiary/aromatic N) is 5. The first-order valence-electron chi connectivity index (χ1n) is 8.60. The summed E-state index contributed by atoms with van der Waals surface area (Å²) >= 11 is 2.10. The summed E-state index contributed by atoms with van der Waals surface area (Å²) < 4.78 is 7.92. The average Bonchev–Trinajstić information content (AvgIpc) is 2.95. The summed E-state index contributed by atoms with van der Waals surface area (Å²) in [5, 5.41) is 16.7. The highest BCUT2D eigenvalue weighted by atomic mass is 127. The van der Waals surface area contributed by atoms with Crippen molar-refractivity contribution in [2.24, 2.45) is 7.05 Å². The summed E-state index contributed by atoms with van der Waals surface area (Å²) in [6.07, 6.45) is 1.31. The van der Waals surface area contributed by atoms with E-state index in [9.17, 15) is 14.9 Å². The van der Waals surface area contributed by atoms with Crippen LogP contribution in [0, 0.1) is 13.7 Å². The number of nitro benzene ring substituents is 1. The van der Waals surface area contributed by atoms with E-state index in [1.165, 1.54) is 0 Å². The number of anilines is 1. The second-order valence-electron chi connectivity index (χ2n) is 7.47. The molecule has 0 radical (unpaired) electrons. The van der Waals surface area contributed by atoms with Crippen LogP contribution in [0.25, 0.3) is 10.9 Å². The lowest BCUT2D eigenvalue weighted by atomic mass is 10.1. The summed E-state index contributed by atoms with van der Waals surface area (Å²) in [6.45, 7) is 7.36. The molecule has 0 bridgehead atoms. The number of rotatable bonds is 2. The van der Waals surface area contributed by atoms with Crippen LogP contribution in [0.5, 0.6) is 0 Å². The van der Waals surface area contributed by atoms with Gasteiger partial charge in [0.2, 0.25) is 0 Å². The number of amides is 1. The third kappa shape index (κ3) is 3.94. The van der Waals surface area contributed by atoms with Crippen molar-refractivity contribution in [3.05, 3.63) is 25.9 Å². The Balaban J connectivity index is 1.89. The van der Waals surface area contributed by atoms with Gasteiger partial charge < -0.3 is 14.5 Å². The number of piperazine rings is 1. The van der Waals surface area contributed by atoms with Gasteiger partial charge in [-0.25, -0.2) is 4.79 Å². The van der Waals surface area contributed by atoms with Gasteiger partial charge in [-0.05, 0) is 43.4 Å². The molecule has 2 heterocycles. The number of ether oxygens (including phenoxy) is 1. The van der Waals surface area contributed by atoms with Crippen molar-refractivity contribution in [1.29, 1.82) is 0 Å². The van der Waals surface area contributed by atoms with E-state index < -0.39 is 5.60 Å². The Morgan fingerprint density at radius 2 is 1.93 bits per heavy atom. The molecule has 27 heavy (non-hydrogen) atoms. The normalized spacial score (nSPS) is 15.3. The van der Waals surface area contributed by atoms with Crippen LogP contribution >= 0.6 is 22.6 Å². The van der Waals surface area contributed by atoms with E-state index in [-0.39, 0.29) is 16.7 Å². The van der Waals surface area contributed by atoms with Crippen LogP contribution in [-0.4, -0.2) is 57.5 Å². The molecular formula is C17H22IN5O4. The summed E-state index contributed by atoms with van der Waals surface area (Å²) in [5.74, 6) is 0. The summed E-state index contributed by atoms with van der Waals surface area (Å²) in [6, 6.07) is 1.58. The Morgan fingerprint density at radius 1 is 1.30 bits per heavy atom. The standard InChI is InChI=1S/C17H22IN5O4/c1-17(2,3)27-16(24)22-7-5-21(6-8-22)15-11-10-19-20(4)14(11)12(18)9-13(15)23(25)26/h9-10H,5-8H2,1-4H3. The molecule has 0 saturated carbocycles. The highest BCUT2D eigenvalue weighted by Crippen LogP contribution is 2.39. The Kier molecular flexibility index (Phi) is 5.19. The fourth-order valence-electron chi connectivity index (χ4n) is 3.20. The molecule has 2 aromatic rings. The minimum atomic E-state index is -0.551. The number of fused-ring (bicyclic) bond motifs is 1. The maximum Gasteiger partial charge on any atom is 0.410 e. The van der Waals surface area contributed by atoms with Crippen LogP contribution in [0.3, 0.4) is 0 Å². The van der Waals surface area contributed by atoms with Gasteiger partial charge in [-0.3, -0.25) is 14.8 Å². The average molecular weight is 487 g/mol. The van der Waals surface area contributed by atoms with E-state index in [1.54, 1.807) is 21.8 Å². The molecule has 9 nitrogen and oxygen atoms in total. The molecule has 0 atom stereocenters. The number of hydrogen-bond acceptors (Lipinski definition) is 6. The van der Waals surface area contributed by atoms with E-state index in [0.29, 0.717) is 31.9 Å². The molecule has 0 spiro atoms. The summed E-state index contributed by atoms with van der Waals surface area (Å²) in [4.78, 5) is 27.2. The van der Waals surface area contributed by atoms with Crippen molar-refractivity contribution in [2.45, 2.75) is 26.4 Å². The van der Waals surface area contributed by atoms with E-state index in [1.807, 2.05) is 32.7 Å². The van der Waals surface area contributed by atoms with E-state index in [4.69, 9.17) is 4.74 Å². The van der Waals surface area contributed by atoms with Gasteiger partial charge in [-0.1, -0.05) is 0 Å². The molecule has 0 N–H and O–H groups in total. The molecular weight excluding hydrogens is 465 g/mol. The second kappa shape index (κ2) is 7.13. The molecule has 1 saturated heterocycles. The number of carbonyl (C=O) groups excluding carboxylic acids is 1. The second-order valence-corrected chi connectivity index (χ2v) is 8.63. The molecule has 0 unspecified atom stereocenters. The molecule has 1 aliphatic rings. The largest absolute Gasteiger partial charge is 0.444 e. The zero-order chi connectivity index (χ0) is 19.9. The molecule has 10 heteroatoms. The molecule has 1 aromatic carbocycles. The fourth-order valence-corrected chi connectivity index (χ4v) is 4.13. The van der Waals surface area contributed by atoms with Gasteiger partial charge in [0.25, 0.3) is 5.69 Å². The number of aromatic nitrogens is 2. The highest BCUT2D eigenvalue weighted by molar-refractivity contribution is 14.1. The van der Waals surface area contributed by atoms with Crippen LogP contribution in [0.4, 0.5) is 16.2 Å². The molecule has 1 aliphatic heterocycles. The fraction of sp³-hybridized carbons (Fsp3) is 0.529. The third-order valence-electron chi connectivity index (χ3n) is 4.37. The van der Waals surface area contributed by atoms with Crippen molar-refractivity contribution in [1.82, 2.24) is 14.7 Å². The van der Waals surface area contributed by atoms with Crippen molar-refractivity contribution >= 4 is 51.0 Å². The minimum Gasteiger partial charge on any atom is -0.444 e. The number of aryl methyl sites for hydroxylation is 1. The van der Waals surface area contributed by atoms with Gasteiger partial charge in [0.15, 0.2) is 0 Å². The number of hydrogen-bond donors (Lipinski definition) is 0. The Morgan fingerprint density at radius 3 is 2.48 bits per heavy atom. The predicted octanol–water partition coefficient (Wildman–Crippen LogP) is 3.14. The molecule has 0 aliphatic carbocycles. The highest BCUT2D eigenvalue weighted by Gasteiger charge is 2.31. The van der Waals surface area contributed by atoms with E-state index in [2.05, 4.69) is 27.7 Å². The Bertz CT molecular complexity index is 897. The molecule has 3 rings (SSSR count). The van der Waals surface area contributed by atoms with Crippen LogP contribution in [-0.2, 0) is 11.8 Å². The summed E-state index contributed by atoms with van der Waals surface area (Å²) in [7, 11) is 1.82. The Labute approximate surface area is 170 Å². The lowest BCUT2D eigenvalue weighted by Crippen LogP contribution is -2.50. The van der Waals surface area contributed by atoms with Crippen molar-refractivity contribution in [2.75, 3.05) is 31.1 Å². The maximum absolute atomic E-state index is 12.3. The lowest BCUT2D eigenvalue weighted by Gasteiger charge is -2.36. The predicted molar refractivity (Wildman–Crippen MR) is 110 cm³/mol. The number of carbonyl (C=O) groups is 1. The molecule has 1 aromatic heterocycles. The quantitative estimate of drug-likeness (QED) is 0.367. The minimum absolute atomic E-state index is 0.0608. The first-order valence-corrected chi connectivity index (χ1v) is 9.68. The molecule has 146 valence electrons. The smallest absolute Gasteiger partial charge is 0.410 e. The number of halogens is 1. The van der Waals surface area contributed by atoms with Gasteiger partial charge in [-0.15, -0.1) is 0 Å². The number of nitro groups is 1. The van der Waals surface area contributed by atoms with Gasteiger partial charge >= 0.3 is 6.09 Å². The van der Waals surface area contributed by atoms with Crippen LogP contribution < -0.4 is 4.90 Å². The van der Waals surface area contributed by atoms with E-state index >= 15 is 0 Å². The summed E-state index contributed by atoms with van der Waals surface area (Å²) in [5.41, 5.74) is 0.939. The van der Waals surface area contributed by atoms with Crippen LogP contribution in [0.15, 0.2) is 12.3 Å². The van der Waals surface area contributed by atoms with Crippen molar-refractivity contribution < 1.29 is 14.5 Å². The monoisotopic (exact) mass is 487 g/mol. The maximum atomic E-state index is 12.3. The van der Waals surface area contributed by atoms with Gasteiger partial charge in [0, 0.05) is 42.9 Å². The molecule has 1 amide bonds. The first kappa shape index (κ1) is 19.6. The number of benzene rings is 1. The van der Waals surface area contributed by atoms with Crippen molar-refractivity contribution in [3.63, 3.8) is 0 Å². The lowest BCUT2D eigenvalue weighted by molar-refractivity contribution is -0.384. The molecule has 1 fully saturated rings. The zero-order valence-electron chi connectivity index (χ0n) is 15.7. The van der Waals surface area contributed by atoms with Gasteiger partial charge in [0.1, 0.15) is 11.3 Å². The zero-order valence-corrected chi connectivity index (χ0v) is 17.9. The SMILES string of the molecule is Cn1ncc2c(N3CCN(C(=O)OC(C)(C)C)CC3)c([N+](=O)[O-])cc(I)c21. The van der Waals surface area contributed by atoms with Crippen molar-refractivity contribution in [3.8, 4) is 0 Å². The van der Waals surface area contributed by atoms with E-state index in [0.717, 1.165) is 14.5 Å².